The molecule has 4 saturated carbocycles. The van der Waals surface area contributed by atoms with Gasteiger partial charge in [0, 0.05) is 30.6 Å². The molecule has 0 aliphatic heterocycles. The van der Waals surface area contributed by atoms with E-state index in [-0.39, 0.29) is 29.6 Å². The van der Waals surface area contributed by atoms with E-state index in [4.69, 9.17) is 4.74 Å². The Kier molecular flexibility index (Phi) is 10.8. The van der Waals surface area contributed by atoms with Crippen molar-refractivity contribution in [3.8, 4) is 0 Å². The topological polar surface area (TPSA) is 77.5 Å². The van der Waals surface area contributed by atoms with E-state index in [1.54, 1.807) is 0 Å². The molecule has 0 bridgehead atoms. The van der Waals surface area contributed by atoms with E-state index in [9.17, 15) is 19.2 Å². The predicted octanol–water partition coefficient (Wildman–Crippen LogP) is 6.89. The minimum Gasteiger partial charge on any atom is -0.465 e. The highest BCUT2D eigenvalue weighted by Crippen LogP contribution is 2.37. The van der Waals surface area contributed by atoms with Crippen LogP contribution < -0.4 is 0 Å². The number of carbonyl (C=O) groups excluding carboxylic acids is 4. The lowest BCUT2D eigenvalue weighted by molar-refractivity contribution is -0.152. The van der Waals surface area contributed by atoms with Crippen LogP contribution in [0.25, 0.3) is 0 Å². The van der Waals surface area contributed by atoms with E-state index in [2.05, 4.69) is 6.92 Å². The van der Waals surface area contributed by atoms with Crippen LogP contribution in [0.3, 0.4) is 0 Å². The Morgan fingerprint density at radius 3 is 1.54 bits per heavy atom. The minimum atomic E-state index is -0.0598. The highest BCUT2D eigenvalue weighted by atomic mass is 16.5. The van der Waals surface area contributed by atoms with Gasteiger partial charge in [-0.2, -0.15) is 0 Å². The maximum atomic E-state index is 12.8. The Morgan fingerprint density at radius 1 is 0.595 bits per heavy atom. The van der Waals surface area contributed by atoms with Gasteiger partial charge in [-0.1, -0.05) is 19.8 Å². The van der Waals surface area contributed by atoms with Gasteiger partial charge in [0.2, 0.25) is 0 Å². The van der Waals surface area contributed by atoms with Gasteiger partial charge >= 0.3 is 5.97 Å². The van der Waals surface area contributed by atoms with E-state index in [1.807, 2.05) is 0 Å². The molecule has 4 rings (SSSR count). The lowest BCUT2D eigenvalue weighted by Gasteiger charge is -2.31. The first kappa shape index (κ1) is 28.5. The van der Waals surface area contributed by atoms with Crippen molar-refractivity contribution in [2.45, 2.75) is 122 Å². The van der Waals surface area contributed by atoms with Gasteiger partial charge in [-0.05, 0) is 114 Å². The van der Waals surface area contributed by atoms with Gasteiger partial charge in [0.05, 0.1) is 12.5 Å². The SMILES string of the molecule is CC1CCC(CC(=O)C2CCC(C(=O)OCC3CCC(CC(=O)C4CCC(C=O)CC4)CC3)CC2)CC1. The van der Waals surface area contributed by atoms with Gasteiger partial charge in [-0.15, -0.1) is 0 Å². The zero-order valence-electron chi connectivity index (χ0n) is 23.2. The summed E-state index contributed by atoms with van der Waals surface area (Å²) in [4.78, 5) is 49.2. The zero-order valence-corrected chi connectivity index (χ0v) is 23.2. The number of hydrogen-bond acceptors (Lipinski definition) is 5. The average molecular weight is 515 g/mol. The van der Waals surface area contributed by atoms with E-state index in [0.29, 0.717) is 42.3 Å². The molecule has 208 valence electrons. The van der Waals surface area contributed by atoms with Gasteiger partial charge < -0.3 is 9.53 Å². The first-order valence-electron chi connectivity index (χ1n) is 15.6. The summed E-state index contributed by atoms with van der Waals surface area (Å²) in [5, 5.41) is 0. The Hall–Kier alpha value is -1.52. The fraction of sp³-hybridized carbons (Fsp3) is 0.875. The number of ketones is 2. The second-order valence-corrected chi connectivity index (χ2v) is 13.3. The molecule has 4 aliphatic carbocycles. The van der Waals surface area contributed by atoms with Gasteiger partial charge in [0.25, 0.3) is 0 Å². The maximum absolute atomic E-state index is 12.8. The third kappa shape index (κ3) is 8.48. The third-order valence-corrected chi connectivity index (χ3v) is 10.5. The van der Waals surface area contributed by atoms with Crippen molar-refractivity contribution in [3.63, 3.8) is 0 Å². The molecule has 5 nitrogen and oxygen atoms in total. The number of Topliss-reactive ketones (excluding diaryl/α,β-unsaturated/α-hetero) is 2. The van der Waals surface area contributed by atoms with Crippen molar-refractivity contribution in [1.82, 2.24) is 0 Å². The number of hydrogen-bond donors (Lipinski definition) is 0. The van der Waals surface area contributed by atoms with Crippen LogP contribution in [0.2, 0.25) is 0 Å². The molecule has 0 radical (unpaired) electrons. The quantitative estimate of drug-likeness (QED) is 0.234. The second-order valence-electron chi connectivity index (χ2n) is 13.3. The molecule has 0 atom stereocenters. The first-order valence-corrected chi connectivity index (χ1v) is 15.6. The van der Waals surface area contributed by atoms with Crippen LogP contribution in [-0.4, -0.2) is 30.4 Å². The summed E-state index contributed by atoms with van der Waals surface area (Å²) >= 11 is 0. The summed E-state index contributed by atoms with van der Waals surface area (Å²) in [5.41, 5.74) is 0. The van der Waals surface area contributed by atoms with Crippen LogP contribution >= 0.6 is 0 Å². The van der Waals surface area contributed by atoms with E-state index >= 15 is 0 Å². The van der Waals surface area contributed by atoms with Crippen molar-refractivity contribution in [2.75, 3.05) is 6.61 Å². The van der Waals surface area contributed by atoms with Gasteiger partial charge in [0.15, 0.2) is 0 Å². The Balaban J connectivity index is 1.07. The van der Waals surface area contributed by atoms with Crippen LogP contribution in [0.15, 0.2) is 0 Å². The van der Waals surface area contributed by atoms with Crippen molar-refractivity contribution >= 4 is 23.8 Å². The Labute approximate surface area is 224 Å². The van der Waals surface area contributed by atoms with Gasteiger partial charge in [-0.25, -0.2) is 0 Å². The molecule has 4 aliphatic rings. The van der Waals surface area contributed by atoms with Gasteiger partial charge in [0.1, 0.15) is 17.9 Å². The molecule has 0 unspecified atom stereocenters. The molecule has 0 heterocycles. The molecule has 0 amide bonds. The third-order valence-electron chi connectivity index (χ3n) is 10.5. The molecule has 5 heteroatoms. The highest BCUT2D eigenvalue weighted by molar-refractivity contribution is 5.82. The van der Waals surface area contributed by atoms with Crippen LogP contribution in [0.5, 0.6) is 0 Å². The Bertz CT molecular complexity index is 758. The monoisotopic (exact) mass is 514 g/mol. The number of rotatable bonds is 10. The van der Waals surface area contributed by atoms with Crippen molar-refractivity contribution in [1.29, 1.82) is 0 Å². The fourth-order valence-corrected chi connectivity index (χ4v) is 7.58. The Morgan fingerprint density at radius 2 is 1.03 bits per heavy atom. The largest absolute Gasteiger partial charge is 0.465 e. The number of carbonyl (C=O) groups is 4. The van der Waals surface area contributed by atoms with E-state index < -0.39 is 0 Å². The lowest BCUT2D eigenvalue weighted by atomic mass is 9.75. The molecular weight excluding hydrogens is 464 g/mol. The number of aldehydes is 1. The normalized spacial score (nSPS) is 36.9. The lowest BCUT2D eigenvalue weighted by Crippen LogP contribution is -2.30. The number of ether oxygens (including phenoxy) is 1. The standard InChI is InChI=1S/C32H50O5/c1-22-2-4-23(5-3-22)18-31(35)28-14-16-29(17-15-28)32(36)37-21-26-8-6-24(7-9-26)19-30(34)27-12-10-25(20-33)11-13-27/h20,22-29H,2-19,21H2,1H3. The molecule has 0 aromatic rings. The molecule has 0 saturated heterocycles. The predicted molar refractivity (Wildman–Crippen MR) is 144 cm³/mol. The molecule has 0 aromatic heterocycles. The molecule has 4 fully saturated rings. The smallest absolute Gasteiger partial charge is 0.308 e. The number of esters is 1. The first-order chi connectivity index (χ1) is 17.9. The average Bonchev–Trinajstić information content (AvgIpc) is 2.93. The van der Waals surface area contributed by atoms with Crippen LogP contribution in [0, 0.1) is 47.3 Å². The second kappa shape index (κ2) is 14.0. The van der Waals surface area contributed by atoms with Crippen molar-refractivity contribution in [2.24, 2.45) is 47.3 Å². The fourth-order valence-electron chi connectivity index (χ4n) is 7.58. The summed E-state index contributed by atoms with van der Waals surface area (Å²) in [7, 11) is 0. The molecule has 0 spiro atoms. The van der Waals surface area contributed by atoms with Crippen LogP contribution in [0.4, 0.5) is 0 Å². The van der Waals surface area contributed by atoms with Crippen molar-refractivity contribution in [3.05, 3.63) is 0 Å². The van der Waals surface area contributed by atoms with Gasteiger partial charge in [-0.3, -0.25) is 14.4 Å². The molecular formula is C32H50O5. The van der Waals surface area contributed by atoms with E-state index in [0.717, 1.165) is 95.7 Å². The molecule has 37 heavy (non-hydrogen) atoms. The van der Waals surface area contributed by atoms with Crippen molar-refractivity contribution < 1.29 is 23.9 Å². The molecule has 0 aromatic carbocycles. The summed E-state index contributed by atoms with van der Waals surface area (Å²) in [5.74, 6) is 3.51. The van der Waals surface area contributed by atoms with Crippen LogP contribution in [0.1, 0.15) is 122 Å². The van der Waals surface area contributed by atoms with E-state index in [1.165, 1.54) is 25.7 Å². The summed E-state index contributed by atoms with van der Waals surface area (Å²) < 4.78 is 5.76. The molecule has 0 N–H and O–H groups in total. The highest BCUT2D eigenvalue weighted by Gasteiger charge is 2.33. The minimum absolute atomic E-state index is 0.0390. The summed E-state index contributed by atoms with van der Waals surface area (Å²) in [6.07, 6.45) is 18.4. The summed E-state index contributed by atoms with van der Waals surface area (Å²) in [6, 6.07) is 0. The maximum Gasteiger partial charge on any atom is 0.308 e. The zero-order chi connectivity index (χ0) is 26.2. The van der Waals surface area contributed by atoms with Crippen LogP contribution in [-0.2, 0) is 23.9 Å². The summed E-state index contributed by atoms with van der Waals surface area (Å²) in [6.45, 7) is 2.82.